The zero-order chi connectivity index (χ0) is 19.0. The van der Waals surface area contributed by atoms with Crippen molar-refractivity contribution in [1.29, 1.82) is 0 Å². The van der Waals surface area contributed by atoms with E-state index in [1.807, 2.05) is 5.38 Å². The third-order valence-corrected chi connectivity index (χ3v) is 4.44. The van der Waals surface area contributed by atoms with E-state index in [0.717, 1.165) is 23.3 Å². The number of nitrogens with zero attached hydrogens (tertiary/aromatic N) is 2. The normalized spacial score (nSPS) is 11.1. The maximum Gasteiger partial charge on any atom is 0.228 e. The molecule has 0 saturated carbocycles. The van der Waals surface area contributed by atoms with Gasteiger partial charge in [-0.15, -0.1) is 11.3 Å². The molecule has 0 spiro atoms. The summed E-state index contributed by atoms with van der Waals surface area (Å²) in [5.41, 5.74) is 4.35. The summed E-state index contributed by atoms with van der Waals surface area (Å²) in [6.45, 7) is 0. The fraction of sp³-hybridized carbons (Fsp3) is 0.0556. The van der Waals surface area contributed by atoms with Crippen molar-refractivity contribution in [3.8, 4) is 11.5 Å². The minimum absolute atomic E-state index is 0.0376. The van der Waals surface area contributed by atoms with Crippen LogP contribution < -0.4 is 5.32 Å². The van der Waals surface area contributed by atoms with Crippen LogP contribution in [0.4, 0.5) is 18.9 Å². The number of hydrogen-bond donors (Lipinski definition) is 2. The van der Waals surface area contributed by atoms with Crippen molar-refractivity contribution in [2.75, 3.05) is 5.32 Å². The van der Waals surface area contributed by atoms with Crippen LogP contribution in [-0.4, -0.2) is 20.9 Å². The molecule has 5 nitrogen and oxygen atoms in total. The molecule has 2 heterocycles. The number of imidazole rings is 1. The zero-order valence-corrected chi connectivity index (χ0v) is 14.4. The second kappa shape index (κ2) is 6.84. The number of carbonyl (C=O) groups is 1. The van der Waals surface area contributed by atoms with Gasteiger partial charge in [0, 0.05) is 11.1 Å². The highest BCUT2D eigenvalue weighted by atomic mass is 32.1. The number of aromatic amines is 1. The van der Waals surface area contributed by atoms with E-state index in [-0.39, 0.29) is 12.0 Å². The Morgan fingerprint density at radius 3 is 2.63 bits per heavy atom. The largest absolute Gasteiger partial charge is 0.337 e. The smallest absolute Gasteiger partial charge is 0.228 e. The first-order chi connectivity index (χ1) is 13.0. The summed E-state index contributed by atoms with van der Waals surface area (Å²) >= 11 is 1.45. The topological polar surface area (TPSA) is 70.7 Å². The molecule has 0 bridgehead atoms. The Bertz CT molecular complexity index is 1120. The van der Waals surface area contributed by atoms with E-state index in [1.54, 1.807) is 23.7 Å². The average molecular weight is 388 g/mol. The van der Waals surface area contributed by atoms with E-state index in [4.69, 9.17) is 0 Å². The predicted octanol–water partition coefficient (Wildman–Crippen LogP) is 4.28. The van der Waals surface area contributed by atoms with Crippen molar-refractivity contribution in [3.63, 3.8) is 0 Å². The fourth-order valence-electron chi connectivity index (χ4n) is 2.64. The number of aromatic nitrogens is 3. The second-order valence-corrected chi connectivity index (χ2v) is 6.51. The number of benzene rings is 2. The summed E-state index contributed by atoms with van der Waals surface area (Å²) in [5.74, 6) is -4.09. The number of thiazole rings is 1. The Labute approximate surface area is 154 Å². The Hall–Kier alpha value is -3.20. The molecular weight excluding hydrogens is 377 g/mol. The number of amides is 1. The number of fused-ring (bicyclic) bond motifs is 1. The molecule has 9 heteroatoms. The van der Waals surface area contributed by atoms with Gasteiger partial charge in [0.1, 0.15) is 5.69 Å². The highest BCUT2D eigenvalue weighted by Gasteiger charge is 2.13. The van der Waals surface area contributed by atoms with Gasteiger partial charge < -0.3 is 10.3 Å². The summed E-state index contributed by atoms with van der Waals surface area (Å²) in [4.78, 5) is 23.9. The van der Waals surface area contributed by atoms with Gasteiger partial charge in [-0.25, -0.2) is 23.1 Å². The predicted molar refractivity (Wildman–Crippen MR) is 95.9 cm³/mol. The molecule has 0 fully saturated rings. The second-order valence-electron chi connectivity index (χ2n) is 5.79. The summed E-state index contributed by atoms with van der Waals surface area (Å²) in [6.07, 6.45) is -0.295. The maximum absolute atomic E-state index is 13.2. The van der Waals surface area contributed by atoms with Gasteiger partial charge in [0.05, 0.1) is 23.0 Å². The van der Waals surface area contributed by atoms with E-state index in [2.05, 4.69) is 20.3 Å². The maximum atomic E-state index is 13.2. The van der Waals surface area contributed by atoms with Crippen LogP contribution in [0.5, 0.6) is 0 Å². The zero-order valence-electron chi connectivity index (χ0n) is 13.6. The third kappa shape index (κ3) is 3.54. The van der Waals surface area contributed by atoms with Crippen LogP contribution in [0.2, 0.25) is 0 Å². The van der Waals surface area contributed by atoms with E-state index >= 15 is 0 Å². The number of nitrogens with one attached hydrogen (secondary N) is 2. The van der Waals surface area contributed by atoms with Crippen molar-refractivity contribution in [1.82, 2.24) is 15.0 Å². The molecule has 2 aromatic heterocycles. The molecule has 2 N–H and O–H groups in total. The molecule has 0 aliphatic heterocycles. The van der Waals surface area contributed by atoms with Crippen LogP contribution >= 0.6 is 11.3 Å². The molecular formula is C18H11F3N4OS. The molecule has 4 aromatic rings. The minimum atomic E-state index is -1.56. The lowest BCUT2D eigenvalue weighted by molar-refractivity contribution is -0.115. The Morgan fingerprint density at radius 2 is 1.93 bits per heavy atom. The van der Waals surface area contributed by atoms with Gasteiger partial charge >= 0.3 is 0 Å². The number of H-pyrrole nitrogens is 1. The molecule has 0 aliphatic rings. The van der Waals surface area contributed by atoms with Crippen LogP contribution in [0.15, 0.2) is 41.2 Å². The quantitative estimate of drug-likeness (QED) is 0.513. The van der Waals surface area contributed by atoms with Crippen LogP contribution in [-0.2, 0) is 11.2 Å². The van der Waals surface area contributed by atoms with E-state index in [0.29, 0.717) is 17.0 Å². The first kappa shape index (κ1) is 17.2. The van der Waals surface area contributed by atoms with Crippen molar-refractivity contribution >= 4 is 34.0 Å². The van der Waals surface area contributed by atoms with E-state index in [9.17, 15) is 18.0 Å². The first-order valence-corrected chi connectivity index (χ1v) is 8.75. The summed E-state index contributed by atoms with van der Waals surface area (Å²) in [5, 5.41) is 4.50. The van der Waals surface area contributed by atoms with Crippen LogP contribution in [0, 0.1) is 17.5 Å². The molecule has 2 aromatic carbocycles. The monoisotopic (exact) mass is 388 g/mol. The lowest BCUT2D eigenvalue weighted by atomic mass is 10.1. The third-order valence-electron chi connectivity index (χ3n) is 3.85. The van der Waals surface area contributed by atoms with Crippen LogP contribution in [0.25, 0.3) is 22.6 Å². The highest BCUT2D eigenvalue weighted by Crippen LogP contribution is 2.23. The fourth-order valence-corrected chi connectivity index (χ4v) is 3.17. The standard InChI is InChI=1S/C18H11F3N4OS/c19-11-3-9(4-12(20)17(11)21)5-16(26)23-10-1-2-13-14(6-10)25-18(24-13)15-7-27-8-22-15/h1-4,6-8H,5H2,(H,23,26)(H,24,25). The molecule has 136 valence electrons. The molecule has 0 unspecified atom stereocenters. The van der Waals surface area contributed by atoms with Crippen molar-refractivity contribution < 1.29 is 18.0 Å². The van der Waals surface area contributed by atoms with Gasteiger partial charge in [0.15, 0.2) is 23.3 Å². The Kier molecular flexibility index (Phi) is 4.36. The average Bonchev–Trinajstić information content (AvgIpc) is 3.28. The Balaban J connectivity index is 1.52. The molecule has 0 radical (unpaired) electrons. The molecule has 1 amide bonds. The van der Waals surface area contributed by atoms with Crippen LogP contribution in [0.1, 0.15) is 5.56 Å². The summed E-state index contributed by atoms with van der Waals surface area (Å²) in [7, 11) is 0. The lowest BCUT2D eigenvalue weighted by Gasteiger charge is -2.06. The first-order valence-electron chi connectivity index (χ1n) is 7.81. The van der Waals surface area contributed by atoms with Gasteiger partial charge in [0.25, 0.3) is 0 Å². The number of halogens is 3. The minimum Gasteiger partial charge on any atom is -0.337 e. The summed E-state index contributed by atoms with van der Waals surface area (Å²) in [6, 6.07) is 6.70. The molecule has 27 heavy (non-hydrogen) atoms. The molecule has 4 rings (SSSR count). The van der Waals surface area contributed by atoms with Gasteiger partial charge in [-0.3, -0.25) is 4.79 Å². The molecule has 0 saturated heterocycles. The van der Waals surface area contributed by atoms with E-state index in [1.165, 1.54) is 11.3 Å². The van der Waals surface area contributed by atoms with Gasteiger partial charge in [-0.05, 0) is 35.9 Å². The Morgan fingerprint density at radius 1 is 1.15 bits per heavy atom. The SMILES string of the molecule is O=C(Cc1cc(F)c(F)c(F)c1)Nc1ccc2[nH]c(-c3cscn3)nc2c1. The highest BCUT2D eigenvalue weighted by molar-refractivity contribution is 7.07. The number of anilines is 1. The van der Waals surface area contributed by atoms with Gasteiger partial charge in [-0.2, -0.15) is 0 Å². The van der Waals surface area contributed by atoms with Crippen molar-refractivity contribution in [3.05, 3.63) is 64.2 Å². The van der Waals surface area contributed by atoms with Crippen molar-refractivity contribution in [2.45, 2.75) is 6.42 Å². The number of hydrogen-bond acceptors (Lipinski definition) is 4. The van der Waals surface area contributed by atoms with Gasteiger partial charge in [-0.1, -0.05) is 0 Å². The molecule has 0 atom stereocenters. The number of rotatable bonds is 4. The van der Waals surface area contributed by atoms with Gasteiger partial charge in [0.2, 0.25) is 5.91 Å². The summed E-state index contributed by atoms with van der Waals surface area (Å²) < 4.78 is 39.5. The van der Waals surface area contributed by atoms with E-state index < -0.39 is 23.4 Å². The van der Waals surface area contributed by atoms with Crippen LogP contribution in [0.3, 0.4) is 0 Å². The van der Waals surface area contributed by atoms with Crippen molar-refractivity contribution in [2.24, 2.45) is 0 Å². The molecule has 0 aliphatic carbocycles. The number of carbonyl (C=O) groups excluding carboxylic acids is 1. The lowest BCUT2D eigenvalue weighted by Crippen LogP contribution is -2.14.